The predicted octanol–water partition coefficient (Wildman–Crippen LogP) is 4.40. The molecule has 2 amide bonds. The molecule has 0 aliphatic heterocycles. The number of nitrogens with zero attached hydrogens (tertiary/aromatic N) is 4. The van der Waals surface area contributed by atoms with E-state index in [-0.39, 0.29) is 24.0 Å². The van der Waals surface area contributed by atoms with Crippen molar-refractivity contribution in [1.82, 2.24) is 19.7 Å². The van der Waals surface area contributed by atoms with E-state index in [2.05, 4.69) is 29.5 Å². The zero-order valence-electron chi connectivity index (χ0n) is 18.9. The minimum Gasteiger partial charge on any atom is -0.462 e. The van der Waals surface area contributed by atoms with Gasteiger partial charge in [-0.1, -0.05) is 11.6 Å². The fraction of sp³-hybridized carbons (Fsp3) is 0.391. The van der Waals surface area contributed by atoms with Gasteiger partial charge < -0.3 is 9.64 Å². The number of aryl methyl sites for hydroxylation is 3. The van der Waals surface area contributed by atoms with Crippen molar-refractivity contribution in [2.24, 2.45) is 0 Å². The lowest BCUT2D eigenvalue weighted by Gasteiger charge is -2.20. The van der Waals surface area contributed by atoms with Crippen LogP contribution >= 0.6 is 0 Å². The summed E-state index contributed by atoms with van der Waals surface area (Å²) in [5, 5.41) is 8.27. The molecule has 0 fully saturated rings. The summed E-state index contributed by atoms with van der Waals surface area (Å²) in [5.41, 5.74) is 4.28. The van der Waals surface area contributed by atoms with Crippen LogP contribution in [0, 0.1) is 20.8 Å². The number of nitrogens with one attached hydrogen (secondary N) is 1. The lowest BCUT2D eigenvalue weighted by molar-refractivity contribution is 0.0527. The molecule has 0 saturated heterocycles. The van der Waals surface area contributed by atoms with Gasteiger partial charge in [0.05, 0.1) is 18.3 Å². The Morgan fingerprint density at radius 2 is 1.77 bits per heavy atom. The lowest BCUT2D eigenvalue weighted by atomic mass is 10.0. The van der Waals surface area contributed by atoms with Crippen LogP contribution in [0.2, 0.25) is 0 Å². The largest absolute Gasteiger partial charge is 0.462 e. The average Bonchev–Trinajstić information content (AvgIpc) is 3.13. The van der Waals surface area contributed by atoms with Crippen LogP contribution in [0.25, 0.3) is 16.7 Å². The number of hydrogen-bond donors (Lipinski definition) is 1. The van der Waals surface area contributed by atoms with Crippen molar-refractivity contribution in [3.05, 3.63) is 46.6 Å². The lowest BCUT2D eigenvalue weighted by Crippen LogP contribution is -2.35. The first kappa shape index (κ1) is 22.3. The molecular formula is C23H29N5O3. The predicted molar refractivity (Wildman–Crippen MR) is 121 cm³/mol. The summed E-state index contributed by atoms with van der Waals surface area (Å²) in [4.78, 5) is 31.7. The highest BCUT2D eigenvalue weighted by molar-refractivity contribution is 6.00. The summed E-state index contributed by atoms with van der Waals surface area (Å²) in [5.74, 6) is 0.210. The van der Waals surface area contributed by atoms with Crippen LogP contribution in [0.15, 0.2) is 24.4 Å². The van der Waals surface area contributed by atoms with E-state index in [1.165, 1.54) is 16.4 Å². The zero-order valence-corrected chi connectivity index (χ0v) is 18.9. The van der Waals surface area contributed by atoms with Crippen molar-refractivity contribution in [3.8, 4) is 5.82 Å². The second kappa shape index (κ2) is 9.16. The molecule has 0 unspecified atom stereocenters. The number of benzene rings is 1. The van der Waals surface area contributed by atoms with Crippen LogP contribution in [0.1, 0.15) is 47.8 Å². The molecule has 1 aromatic carbocycles. The maximum absolute atomic E-state index is 12.8. The summed E-state index contributed by atoms with van der Waals surface area (Å²) < 4.78 is 6.65. The second-order valence-electron chi connectivity index (χ2n) is 7.42. The molecule has 2 aromatic heterocycles. The molecule has 3 rings (SSSR count). The summed E-state index contributed by atoms with van der Waals surface area (Å²) in [6, 6.07) is 5.76. The van der Waals surface area contributed by atoms with Gasteiger partial charge in [-0.05, 0) is 64.8 Å². The molecule has 31 heavy (non-hydrogen) atoms. The van der Waals surface area contributed by atoms with Crippen molar-refractivity contribution < 1.29 is 14.3 Å². The Morgan fingerprint density at radius 1 is 1.06 bits per heavy atom. The second-order valence-corrected chi connectivity index (χ2v) is 7.42. The molecule has 1 N–H and O–H groups in total. The van der Waals surface area contributed by atoms with Crippen LogP contribution in [0.5, 0.6) is 0 Å². The zero-order chi connectivity index (χ0) is 22.7. The monoisotopic (exact) mass is 423 g/mol. The summed E-state index contributed by atoms with van der Waals surface area (Å²) in [6.07, 6.45) is 1.40. The first-order valence-electron chi connectivity index (χ1n) is 10.5. The van der Waals surface area contributed by atoms with Crippen LogP contribution in [0.4, 0.5) is 10.6 Å². The SMILES string of the molecule is CCOC(=O)c1cnn(-c2cc(C)c3cc(C)cc(C)c3n2)c1NC(=O)N(CC)CC. The Hall–Kier alpha value is -3.42. The summed E-state index contributed by atoms with van der Waals surface area (Å²) >= 11 is 0. The number of pyridine rings is 1. The number of esters is 1. The van der Waals surface area contributed by atoms with Crippen molar-refractivity contribution >= 4 is 28.7 Å². The molecule has 0 saturated carbocycles. The quantitative estimate of drug-likeness (QED) is 0.594. The molecule has 2 heterocycles. The standard InChI is InChI=1S/C23H29N5O3/c1-7-27(8-2)23(30)26-21-18(22(29)31-9-3)13-24-28(21)19-12-15(5)17-11-14(4)10-16(6)20(17)25-19/h10-13H,7-9H2,1-6H3,(H,26,30). The number of ether oxygens (including phenoxy) is 1. The maximum Gasteiger partial charge on any atom is 0.343 e. The molecule has 8 heteroatoms. The first-order chi connectivity index (χ1) is 14.8. The van der Waals surface area contributed by atoms with Crippen molar-refractivity contribution in [2.75, 3.05) is 25.0 Å². The Labute approximate surface area is 182 Å². The van der Waals surface area contributed by atoms with E-state index in [4.69, 9.17) is 9.72 Å². The molecule has 8 nitrogen and oxygen atoms in total. The third kappa shape index (κ3) is 4.38. The van der Waals surface area contributed by atoms with Gasteiger partial charge in [-0.3, -0.25) is 5.32 Å². The number of anilines is 1. The molecule has 0 spiro atoms. The number of rotatable bonds is 6. The number of aromatic nitrogens is 3. The molecule has 0 radical (unpaired) electrons. The minimum atomic E-state index is -0.548. The van der Waals surface area contributed by atoms with E-state index >= 15 is 0 Å². The molecule has 3 aromatic rings. The van der Waals surface area contributed by atoms with Crippen molar-refractivity contribution in [2.45, 2.75) is 41.5 Å². The van der Waals surface area contributed by atoms with Crippen LogP contribution < -0.4 is 5.32 Å². The molecule has 0 bridgehead atoms. The molecule has 164 valence electrons. The number of fused-ring (bicyclic) bond motifs is 1. The molecular weight excluding hydrogens is 394 g/mol. The topological polar surface area (TPSA) is 89.3 Å². The van der Waals surface area contributed by atoms with E-state index in [9.17, 15) is 9.59 Å². The number of urea groups is 1. The van der Waals surface area contributed by atoms with Gasteiger partial charge in [0.2, 0.25) is 0 Å². The normalized spacial score (nSPS) is 10.9. The summed E-state index contributed by atoms with van der Waals surface area (Å²) in [6.45, 7) is 12.9. The summed E-state index contributed by atoms with van der Waals surface area (Å²) in [7, 11) is 0. The van der Waals surface area contributed by atoms with Gasteiger partial charge >= 0.3 is 12.0 Å². The first-order valence-corrected chi connectivity index (χ1v) is 10.5. The Morgan fingerprint density at radius 3 is 2.42 bits per heavy atom. The van der Waals surface area contributed by atoms with Gasteiger partial charge in [0.1, 0.15) is 5.56 Å². The van der Waals surface area contributed by atoms with Gasteiger partial charge in [-0.2, -0.15) is 9.78 Å². The maximum atomic E-state index is 12.8. The van der Waals surface area contributed by atoms with Gasteiger partial charge in [0, 0.05) is 18.5 Å². The Kier molecular flexibility index (Phi) is 6.58. The fourth-order valence-electron chi connectivity index (χ4n) is 3.63. The van der Waals surface area contributed by atoms with E-state index in [1.807, 2.05) is 33.8 Å². The number of hydrogen-bond acceptors (Lipinski definition) is 5. The van der Waals surface area contributed by atoms with Gasteiger partial charge in [0.25, 0.3) is 0 Å². The van der Waals surface area contributed by atoms with Crippen molar-refractivity contribution in [1.29, 1.82) is 0 Å². The number of carbonyl (C=O) groups is 2. The third-order valence-electron chi connectivity index (χ3n) is 5.20. The molecule has 0 aliphatic carbocycles. The smallest absolute Gasteiger partial charge is 0.343 e. The van der Waals surface area contributed by atoms with Crippen LogP contribution in [-0.4, -0.2) is 51.4 Å². The van der Waals surface area contributed by atoms with E-state index in [1.54, 1.807) is 11.8 Å². The van der Waals surface area contributed by atoms with Crippen LogP contribution in [-0.2, 0) is 4.74 Å². The third-order valence-corrected chi connectivity index (χ3v) is 5.20. The minimum absolute atomic E-state index is 0.183. The fourth-order valence-corrected chi connectivity index (χ4v) is 3.63. The number of carbonyl (C=O) groups excluding carboxylic acids is 2. The van der Waals surface area contributed by atoms with E-state index in [0.29, 0.717) is 18.9 Å². The molecule has 0 aliphatic rings. The Balaban J connectivity index is 2.16. The van der Waals surface area contributed by atoms with E-state index in [0.717, 1.165) is 22.0 Å². The van der Waals surface area contributed by atoms with Gasteiger partial charge in [-0.15, -0.1) is 0 Å². The average molecular weight is 424 g/mol. The van der Waals surface area contributed by atoms with Crippen LogP contribution in [0.3, 0.4) is 0 Å². The van der Waals surface area contributed by atoms with Gasteiger partial charge in [-0.25, -0.2) is 14.6 Å². The highest BCUT2D eigenvalue weighted by atomic mass is 16.5. The number of amides is 2. The van der Waals surface area contributed by atoms with Gasteiger partial charge in [0.15, 0.2) is 11.6 Å². The van der Waals surface area contributed by atoms with Crippen molar-refractivity contribution in [3.63, 3.8) is 0 Å². The van der Waals surface area contributed by atoms with E-state index < -0.39 is 5.97 Å². The highest BCUT2D eigenvalue weighted by Crippen LogP contribution is 2.27. The highest BCUT2D eigenvalue weighted by Gasteiger charge is 2.24. The Bertz CT molecular complexity index is 1130. The molecule has 0 atom stereocenters.